The summed E-state index contributed by atoms with van der Waals surface area (Å²) in [6.45, 7) is 0.501. The van der Waals surface area contributed by atoms with Crippen molar-refractivity contribution in [2.45, 2.75) is 6.42 Å². The van der Waals surface area contributed by atoms with Gasteiger partial charge in [0.15, 0.2) is 0 Å². The minimum absolute atomic E-state index is 0.131. The number of carbonyl (C=O) groups excluding carboxylic acids is 1. The predicted molar refractivity (Wildman–Crippen MR) is 80.3 cm³/mol. The van der Waals surface area contributed by atoms with Gasteiger partial charge >= 0.3 is 0 Å². The Morgan fingerprint density at radius 3 is 3.05 bits per heavy atom. The van der Waals surface area contributed by atoms with Gasteiger partial charge in [-0.15, -0.1) is 0 Å². The quantitative estimate of drug-likeness (QED) is 0.773. The van der Waals surface area contributed by atoms with Crippen LogP contribution in [-0.4, -0.2) is 32.4 Å². The number of hydrogen-bond donors (Lipinski definition) is 2. The molecule has 0 aliphatic carbocycles. The number of H-pyrrole nitrogens is 1. The van der Waals surface area contributed by atoms with Gasteiger partial charge in [0.25, 0.3) is 5.91 Å². The molecule has 3 rings (SSSR count). The Morgan fingerprint density at radius 2 is 2.33 bits per heavy atom. The van der Waals surface area contributed by atoms with Gasteiger partial charge in [0, 0.05) is 25.4 Å². The maximum absolute atomic E-state index is 12.3. The zero-order chi connectivity index (χ0) is 14.8. The summed E-state index contributed by atoms with van der Waals surface area (Å²) in [5.74, 6) is -0.131. The Hall–Kier alpha value is -2.34. The highest BCUT2D eigenvalue weighted by atomic mass is 35.5. The standard InChI is InChI=1S/C14H14ClN5O/c1-20-12(7-9-3-2-4-11(15)13(9)20)14(21)16-6-5-10-8-17-19-18-10/h2-4,7-8H,5-6H2,1H3,(H,16,21)(H,17,18,19). The third-order valence-electron chi connectivity index (χ3n) is 3.37. The van der Waals surface area contributed by atoms with Crippen LogP contribution in [0.25, 0.3) is 10.9 Å². The van der Waals surface area contributed by atoms with Gasteiger partial charge < -0.3 is 9.88 Å². The molecule has 0 aliphatic rings. The lowest BCUT2D eigenvalue weighted by Gasteiger charge is -2.06. The Labute approximate surface area is 126 Å². The van der Waals surface area contributed by atoms with Crippen molar-refractivity contribution in [2.75, 3.05) is 6.54 Å². The van der Waals surface area contributed by atoms with Crippen molar-refractivity contribution in [1.82, 2.24) is 25.3 Å². The average Bonchev–Trinajstić information content (AvgIpc) is 3.08. The van der Waals surface area contributed by atoms with E-state index >= 15 is 0 Å². The second-order valence-corrected chi connectivity index (χ2v) is 5.14. The molecule has 0 saturated heterocycles. The molecule has 0 radical (unpaired) electrons. The minimum atomic E-state index is -0.131. The van der Waals surface area contributed by atoms with Crippen molar-refractivity contribution in [3.05, 3.63) is 46.9 Å². The van der Waals surface area contributed by atoms with Crippen LogP contribution in [0.3, 0.4) is 0 Å². The molecule has 21 heavy (non-hydrogen) atoms. The third kappa shape index (κ3) is 2.62. The number of halogens is 1. The molecular weight excluding hydrogens is 290 g/mol. The largest absolute Gasteiger partial charge is 0.350 e. The van der Waals surface area contributed by atoms with Crippen LogP contribution in [0.5, 0.6) is 0 Å². The van der Waals surface area contributed by atoms with Gasteiger partial charge in [-0.2, -0.15) is 15.4 Å². The van der Waals surface area contributed by atoms with E-state index in [0.29, 0.717) is 23.7 Å². The molecule has 7 heteroatoms. The second-order valence-electron chi connectivity index (χ2n) is 4.73. The Kier molecular flexibility index (Phi) is 3.62. The van der Waals surface area contributed by atoms with Gasteiger partial charge in [0.2, 0.25) is 0 Å². The number of nitrogens with one attached hydrogen (secondary N) is 2. The van der Waals surface area contributed by atoms with E-state index in [2.05, 4.69) is 20.7 Å². The van der Waals surface area contributed by atoms with Gasteiger partial charge in [-0.3, -0.25) is 4.79 Å². The fourth-order valence-corrected chi connectivity index (χ4v) is 2.63. The molecule has 0 unspecified atom stereocenters. The molecule has 0 bridgehead atoms. The molecule has 108 valence electrons. The maximum atomic E-state index is 12.3. The Morgan fingerprint density at radius 1 is 1.48 bits per heavy atom. The highest BCUT2D eigenvalue weighted by molar-refractivity contribution is 6.35. The molecule has 2 aromatic heterocycles. The molecule has 3 aromatic rings. The number of para-hydroxylation sites is 1. The Balaban J connectivity index is 1.75. The van der Waals surface area contributed by atoms with E-state index in [9.17, 15) is 4.79 Å². The number of fused-ring (bicyclic) bond motifs is 1. The number of benzene rings is 1. The predicted octanol–water partition coefficient (Wildman–Crippen LogP) is 1.92. The first-order chi connectivity index (χ1) is 10.2. The summed E-state index contributed by atoms with van der Waals surface area (Å²) < 4.78 is 1.81. The lowest BCUT2D eigenvalue weighted by atomic mass is 10.2. The molecule has 1 aromatic carbocycles. The van der Waals surface area contributed by atoms with Crippen molar-refractivity contribution in [1.29, 1.82) is 0 Å². The SMILES string of the molecule is Cn1c(C(=O)NCCc2cn[nH]n2)cc2cccc(Cl)c21. The summed E-state index contributed by atoms with van der Waals surface area (Å²) in [5.41, 5.74) is 2.26. The number of rotatable bonds is 4. The zero-order valence-electron chi connectivity index (χ0n) is 11.4. The van der Waals surface area contributed by atoms with E-state index in [1.54, 1.807) is 6.20 Å². The maximum Gasteiger partial charge on any atom is 0.267 e. The summed E-state index contributed by atoms with van der Waals surface area (Å²) in [5, 5.41) is 14.7. The zero-order valence-corrected chi connectivity index (χ0v) is 12.2. The first-order valence-corrected chi connectivity index (χ1v) is 6.91. The summed E-state index contributed by atoms with van der Waals surface area (Å²) in [4.78, 5) is 12.3. The van der Waals surface area contributed by atoms with Crippen LogP contribution in [-0.2, 0) is 13.5 Å². The molecular formula is C14H14ClN5O. The molecule has 0 spiro atoms. The lowest BCUT2D eigenvalue weighted by molar-refractivity contribution is 0.0946. The smallest absolute Gasteiger partial charge is 0.267 e. The van der Waals surface area contributed by atoms with Crippen molar-refractivity contribution in [3.63, 3.8) is 0 Å². The summed E-state index contributed by atoms with van der Waals surface area (Å²) in [6, 6.07) is 7.47. The molecule has 0 fully saturated rings. The van der Waals surface area contributed by atoms with E-state index in [-0.39, 0.29) is 5.91 Å². The van der Waals surface area contributed by atoms with Crippen molar-refractivity contribution < 1.29 is 4.79 Å². The van der Waals surface area contributed by atoms with Crippen LogP contribution < -0.4 is 5.32 Å². The molecule has 2 heterocycles. The summed E-state index contributed by atoms with van der Waals surface area (Å²) in [7, 11) is 1.83. The van der Waals surface area contributed by atoms with Crippen LogP contribution in [0.2, 0.25) is 5.02 Å². The number of nitrogens with zero attached hydrogens (tertiary/aromatic N) is 3. The van der Waals surface area contributed by atoms with Gasteiger partial charge in [-0.1, -0.05) is 23.7 Å². The Bertz CT molecular complexity index is 778. The monoisotopic (exact) mass is 303 g/mol. The fourth-order valence-electron chi connectivity index (χ4n) is 2.33. The van der Waals surface area contributed by atoms with E-state index in [0.717, 1.165) is 16.6 Å². The average molecular weight is 304 g/mol. The molecule has 2 N–H and O–H groups in total. The van der Waals surface area contributed by atoms with Crippen molar-refractivity contribution in [3.8, 4) is 0 Å². The summed E-state index contributed by atoms with van der Waals surface area (Å²) >= 11 is 6.18. The van der Waals surface area contributed by atoms with Gasteiger partial charge in [0.1, 0.15) is 5.69 Å². The first-order valence-electron chi connectivity index (χ1n) is 6.53. The van der Waals surface area contributed by atoms with E-state index < -0.39 is 0 Å². The van der Waals surface area contributed by atoms with Crippen LogP contribution >= 0.6 is 11.6 Å². The van der Waals surface area contributed by atoms with Crippen LogP contribution in [0, 0.1) is 0 Å². The number of aromatic nitrogens is 4. The number of carbonyl (C=O) groups is 1. The highest BCUT2D eigenvalue weighted by Crippen LogP contribution is 2.25. The van der Waals surface area contributed by atoms with E-state index in [1.807, 2.05) is 35.9 Å². The lowest BCUT2D eigenvalue weighted by Crippen LogP contribution is -2.27. The number of aryl methyl sites for hydroxylation is 1. The van der Waals surface area contributed by atoms with Crippen LogP contribution in [0.1, 0.15) is 16.2 Å². The second kappa shape index (κ2) is 5.57. The molecule has 0 saturated carbocycles. The van der Waals surface area contributed by atoms with Crippen LogP contribution in [0.15, 0.2) is 30.5 Å². The highest BCUT2D eigenvalue weighted by Gasteiger charge is 2.14. The van der Waals surface area contributed by atoms with Crippen LogP contribution in [0.4, 0.5) is 0 Å². The minimum Gasteiger partial charge on any atom is -0.350 e. The third-order valence-corrected chi connectivity index (χ3v) is 3.68. The molecule has 1 amide bonds. The number of amides is 1. The first kappa shape index (κ1) is 13.6. The normalized spacial score (nSPS) is 11.0. The fraction of sp³-hybridized carbons (Fsp3) is 0.214. The van der Waals surface area contributed by atoms with Crippen molar-refractivity contribution >= 4 is 28.4 Å². The van der Waals surface area contributed by atoms with Crippen molar-refractivity contribution in [2.24, 2.45) is 7.05 Å². The molecule has 0 atom stereocenters. The van der Waals surface area contributed by atoms with E-state index in [4.69, 9.17) is 11.6 Å². The van der Waals surface area contributed by atoms with Gasteiger partial charge in [-0.05, 0) is 12.1 Å². The number of hydrogen-bond acceptors (Lipinski definition) is 3. The topological polar surface area (TPSA) is 75.6 Å². The summed E-state index contributed by atoms with van der Waals surface area (Å²) in [6.07, 6.45) is 2.27. The number of aromatic amines is 1. The van der Waals surface area contributed by atoms with Gasteiger partial charge in [-0.25, -0.2) is 0 Å². The molecule has 0 aliphatic heterocycles. The molecule has 6 nitrogen and oxygen atoms in total. The van der Waals surface area contributed by atoms with Gasteiger partial charge in [0.05, 0.1) is 22.4 Å². The van der Waals surface area contributed by atoms with E-state index in [1.165, 1.54) is 0 Å².